The second kappa shape index (κ2) is 9.09. The quantitative estimate of drug-likeness (QED) is 0.429. The number of fused-ring (bicyclic) bond motifs is 1. The summed E-state index contributed by atoms with van der Waals surface area (Å²) >= 11 is 0.636. The molecule has 0 bridgehead atoms. The number of aromatic nitrogens is 5. The minimum atomic E-state index is -4.16. The Labute approximate surface area is 226 Å². The molecule has 3 aromatic heterocycles. The van der Waals surface area contributed by atoms with Gasteiger partial charge in [0, 0.05) is 37.3 Å². The predicted molar refractivity (Wildman–Crippen MR) is 136 cm³/mol. The van der Waals surface area contributed by atoms with Crippen molar-refractivity contribution in [3.63, 3.8) is 0 Å². The number of alkyl halides is 3. The predicted octanol–water partition coefficient (Wildman–Crippen LogP) is 2.80. The van der Waals surface area contributed by atoms with E-state index in [1.165, 1.54) is 16.7 Å². The van der Waals surface area contributed by atoms with E-state index in [0.29, 0.717) is 55.1 Å². The summed E-state index contributed by atoms with van der Waals surface area (Å²) in [5, 5.41) is 15.3. The summed E-state index contributed by atoms with van der Waals surface area (Å²) in [4.78, 5) is 16.7. The molecule has 2 aliphatic carbocycles. The summed E-state index contributed by atoms with van der Waals surface area (Å²) in [5.41, 5.74) is -0.684. The maximum Gasteiger partial charge on any atom is 0.291 e. The molecule has 3 fully saturated rings. The lowest BCUT2D eigenvalue weighted by atomic mass is 10.1. The number of hydrogen-bond acceptors (Lipinski definition) is 9. The molecular formula is C23H27F3N8O3S2. The SMILES string of the molecule is C[C@@H]1CN(c2cc(S(=O)(=O)NC3(CF)CC3)cn3c(-c4nnc(C(F)F)s4)nnc23)CCN1C(=O)C1(C)CC1. The van der Waals surface area contributed by atoms with Crippen molar-refractivity contribution in [3.05, 3.63) is 17.3 Å². The molecule has 4 heterocycles. The zero-order chi connectivity index (χ0) is 27.7. The molecule has 3 aromatic rings. The Hall–Kier alpha value is -2.85. The minimum Gasteiger partial charge on any atom is -0.365 e. The van der Waals surface area contributed by atoms with Crippen LogP contribution in [0.1, 0.15) is 51.0 Å². The van der Waals surface area contributed by atoms with Gasteiger partial charge in [-0.25, -0.2) is 26.3 Å². The number of nitrogens with one attached hydrogen (secondary N) is 1. The van der Waals surface area contributed by atoms with Gasteiger partial charge in [0.25, 0.3) is 6.43 Å². The average molecular weight is 585 g/mol. The molecule has 1 atom stereocenters. The summed E-state index contributed by atoms with van der Waals surface area (Å²) in [5.74, 6) is 0.181. The molecular weight excluding hydrogens is 557 g/mol. The van der Waals surface area contributed by atoms with E-state index < -0.39 is 33.7 Å². The van der Waals surface area contributed by atoms with E-state index in [-0.39, 0.29) is 33.1 Å². The van der Waals surface area contributed by atoms with Crippen LogP contribution in [-0.4, -0.2) is 81.9 Å². The van der Waals surface area contributed by atoms with Crippen molar-refractivity contribution >= 4 is 38.6 Å². The smallest absolute Gasteiger partial charge is 0.291 e. The Morgan fingerprint density at radius 3 is 2.51 bits per heavy atom. The van der Waals surface area contributed by atoms with Gasteiger partial charge in [-0.3, -0.25) is 9.20 Å². The van der Waals surface area contributed by atoms with Crippen LogP contribution in [0.25, 0.3) is 16.5 Å². The van der Waals surface area contributed by atoms with Gasteiger partial charge in [-0.05, 0) is 38.7 Å². The van der Waals surface area contributed by atoms with Crippen LogP contribution in [0.15, 0.2) is 17.2 Å². The highest BCUT2D eigenvalue weighted by molar-refractivity contribution is 7.89. The van der Waals surface area contributed by atoms with E-state index in [9.17, 15) is 26.4 Å². The van der Waals surface area contributed by atoms with Gasteiger partial charge in [0.15, 0.2) is 21.5 Å². The number of amides is 1. The molecule has 1 aliphatic heterocycles. The van der Waals surface area contributed by atoms with E-state index in [0.717, 1.165) is 12.8 Å². The third kappa shape index (κ3) is 4.65. The summed E-state index contributed by atoms with van der Waals surface area (Å²) in [7, 11) is -4.16. The maximum absolute atomic E-state index is 13.6. The van der Waals surface area contributed by atoms with Crippen LogP contribution in [0, 0.1) is 5.41 Å². The number of hydrogen-bond donors (Lipinski definition) is 1. The van der Waals surface area contributed by atoms with Crippen molar-refractivity contribution in [2.75, 3.05) is 31.2 Å². The third-order valence-electron chi connectivity index (χ3n) is 7.79. The zero-order valence-corrected chi connectivity index (χ0v) is 22.9. The molecule has 0 radical (unpaired) electrons. The number of carbonyl (C=O) groups excluding carboxylic acids is 1. The molecule has 0 unspecified atom stereocenters. The number of piperazine rings is 1. The van der Waals surface area contributed by atoms with Gasteiger partial charge in [-0.1, -0.05) is 18.3 Å². The Kier molecular flexibility index (Phi) is 6.15. The van der Waals surface area contributed by atoms with Gasteiger partial charge in [0.05, 0.1) is 11.2 Å². The van der Waals surface area contributed by atoms with Gasteiger partial charge in [0.2, 0.25) is 15.9 Å². The molecule has 11 nitrogen and oxygen atoms in total. The Morgan fingerprint density at radius 1 is 1.18 bits per heavy atom. The molecule has 16 heteroatoms. The Bertz CT molecular complexity index is 1550. The molecule has 3 aliphatic rings. The summed E-state index contributed by atoms with van der Waals surface area (Å²) < 4.78 is 70.6. The second-order valence-corrected chi connectivity index (χ2v) is 13.6. The van der Waals surface area contributed by atoms with Crippen LogP contribution in [0.5, 0.6) is 0 Å². The topological polar surface area (TPSA) is 126 Å². The van der Waals surface area contributed by atoms with Gasteiger partial charge >= 0.3 is 0 Å². The summed E-state index contributed by atoms with van der Waals surface area (Å²) in [6.07, 6.45) is 0.986. The maximum atomic E-state index is 13.6. The van der Waals surface area contributed by atoms with Gasteiger partial charge in [0.1, 0.15) is 11.6 Å². The lowest BCUT2D eigenvalue weighted by molar-refractivity contribution is -0.138. The van der Waals surface area contributed by atoms with Crippen molar-refractivity contribution in [1.82, 2.24) is 34.4 Å². The molecule has 0 aromatic carbocycles. The lowest BCUT2D eigenvalue weighted by Gasteiger charge is -2.42. The number of anilines is 1. The van der Waals surface area contributed by atoms with Crippen molar-refractivity contribution in [3.8, 4) is 10.8 Å². The van der Waals surface area contributed by atoms with Crippen molar-refractivity contribution in [1.29, 1.82) is 0 Å². The Balaban J connectivity index is 1.41. The third-order valence-corrected chi connectivity index (χ3v) is 10.3. The zero-order valence-electron chi connectivity index (χ0n) is 21.3. The largest absolute Gasteiger partial charge is 0.365 e. The average Bonchev–Trinajstić information content (AvgIpc) is 3.71. The molecule has 210 valence electrons. The summed E-state index contributed by atoms with van der Waals surface area (Å²) in [6.45, 7) is 4.36. The molecule has 1 amide bonds. The minimum absolute atomic E-state index is 0.0511. The number of rotatable bonds is 8. The van der Waals surface area contributed by atoms with Crippen LogP contribution in [-0.2, 0) is 14.8 Å². The van der Waals surface area contributed by atoms with Gasteiger partial charge < -0.3 is 9.80 Å². The highest BCUT2D eigenvalue weighted by Gasteiger charge is 2.49. The van der Waals surface area contributed by atoms with E-state index in [4.69, 9.17) is 0 Å². The van der Waals surface area contributed by atoms with Gasteiger partial charge in [-0.15, -0.1) is 20.4 Å². The van der Waals surface area contributed by atoms with E-state index >= 15 is 0 Å². The monoisotopic (exact) mass is 584 g/mol. The van der Waals surface area contributed by atoms with Crippen LogP contribution < -0.4 is 9.62 Å². The van der Waals surface area contributed by atoms with Crippen molar-refractivity contribution < 1.29 is 26.4 Å². The second-order valence-electron chi connectivity index (χ2n) is 10.9. The first kappa shape index (κ1) is 26.4. The van der Waals surface area contributed by atoms with Crippen molar-refractivity contribution in [2.24, 2.45) is 5.41 Å². The van der Waals surface area contributed by atoms with Gasteiger partial charge in [-0.2, -0.15) is 0 Å². The first-order valence-electron chi connectivity index (χ1n) is 12.6. The van der Waals surface area contributed by atoms with E-state index in [2.05, 4.69) is 25.1 Å². The fraction of sp³-hybridized carbons (Fsp3) is 0.609. The molecule has 2 saturated carbocycles. The number of sulfonamides is 1. The number of carbonyl (C=O) groups is 1. The van der Waals surface area contributed by atoms with Crippen LogP contribution in [0.3, 0.4) is 0 Å². The van der Waals surface area contributed by atoms with Crippen LogP contribution >= 0.6 is 11.3 Å². The lowest BCUT2D eigenvalue weighted by Crippen LogP contribution is -2.55. The van der Waals surface area contributed by atoms with Crippen LogP contribution in [0.2, 0.25) is 0 Å². The van der Waals surface area contributed by atoms with E-state index in [1.807, 2.05) is 23.6 Å². The first-order valence-corrected chi connectivity index (χ1v) is 14.9. The standard InChI is InChI=1S/C23H27F3N8O3S2/c1-13-10-32(7-8-33(13)21(35)22(2)3-4-22)15-9-14(39(36,37)31-23(12-24)5-6-23)11-34-17(15)27-28-18(34)20-30-29-19(38-20)16(25)26/h9,11,13,16,31H,3-8,10,12H2,1-2H3/t13-/m1/s1. The number of pyridine rings is 1. The van der Waals surface area contributed by atoms with E-state index in [1.54, 1.807) is 0 Å². The molecule has 39 heavy (non-hydrogen) atoms. The van der Waals surface area contributed by atoms with Crippen molar-refractivity contribution in [2.45, 2.75) is 62.4 Å². The normalized spacial score (nSPS) is 22.1. The summed E-state index contributed by atoms with van der Waals surface area (Å²) in [6, 6.07) is 1.31. The molecule has 6 rings (SSSR count). The highest BCUT2D eigenvalue weighted by Crippen LogP contribution is 2.47. The van der Waals surface area contributed by atoms with Crippen LogP contribution in [0.4, 0.5) is 18.9 Å². The fourth-order valence-corrected chi connectivity index (χ4v) is 7.01. The molecule has 1 saturated heterocycles. The first-order chi connectivity index (χ1) is 18.5. The molecule has 1 N–H and O–H groups in total. The fourth-order valence-electron chi connectivity index (χ4n) is 4.87. The molecule has 0 spiro atoms. The number of nitrogens with zero attached hydrogens (tertiary/aromatic N) is 7. The number of halogens is 3. The highest BCUT2D eigenvalue weighted by atomic mass is 32.2. The Morgan fingerprint density at radius 2 is 1.92 bits per heavy atom.